The lowest BCUT2D eigenvalue weighted by atomic mass is 10.1. The van der Waals surface area contributed by atoms with Crippen LogP contribution in [0.5, 0.6) is 0 Å². The highest BCUT2D eigenvalue weighted by atomic mass is 35.5. The molecule has 12 heteroatoms. The van der Waals surface area contributed by atoms with Crippen LogP contribution in [0.25, 0.3) is 5.69 Å². The number of carbonyl (C=O) groups excluding carboxylic acids is 1. The van der Waals surface area contributed by atoms with Gasteiger partial charge in [-0.2, -0.15) is 5.10 Å². The molecular formula is C22H23ClN8O2S. The number of amides is 1. The lowest BCUT2D eigenvalue weighted by Crippen LogP contribution is -2.32. The van der Waals surface area contributed by atoms with Crippen LogP contribution >= 0.6 is 23.4 Å². The summed E-state index contributed by atoms with van der Waals surface area (Å²) in [6, 6.07) is 8.99. The van der Waals surface area contributed by atoms with Crippen LogP contribution in [-0.2, 0) is 11.3 Å². The van der Waals surface area contributed by atoms with Crippen LogP contribution in [0.4, 0.5) is 11.6 Å². The van der Waals surface area contributed by atoms with E-state index in [0.717, 1.165) is 37.6 Å². The van der Waals surface area contributed by atoms with Crippen molar-refractivity contribution in [3.63, 3.8) is 0 Å². The molecule has 4 aromatic rings. The fraction of sp³-hybridized carbons (Fsp3) is 0.318. The molecule has 1 N–H and O–H groups in total. The van der Waals surface area contributed by atoms with E-state index in [1.807, 2.05) is 16.7 Å². The molecule has 3 aromatic heterocycles. The highest BCUT2D eigenvalue weighted by molar-refractivity contribution is 7.99. The van der Waals surface area contributed by atoms with Gasteiger partial charge in [0.2, 0.25) is 11.9 Å². The molecule has 1 fully saturated rings. The average molecular weight is 499 g/mol. The third-order valence-electron chi connectivity index (χ3n) is 5.46. The van der Waals surface area contributed by atoms with E-state index in [1.54, 1.807) is 35.5 Å². The quantitative estimate of drug-likeness (QED) is 0.365. The summed E-state index contributed by atoms with van der Waals surface area (Å²) in [4.78, 5) is 19.1. The van der Waals surface area contributed by atoms with Crippen molar-refractivity contribution >= 4 is 40.9 Å². The van der Waals surface area contributed by atoms with Gasteiger partial charge in [0.05, 0.1) is 29.9 Å². The van der Waals surface area contributed by atoms with Crippen LogP contribution < -0.4 is 10.2 Å². The number of carbonyl (C=O) groups is 1. The monoisotopic (exact) mass is 498 g/mol. The Hall–Kier alpha value is -3.31. The minimum Gasteiger partial charge on any atom is -0.467 e. The molecule has 0 aliphatic carbocycles. The molecule has 1 aliphatic rings. The number of anilines is 2. The molecule has 34 heavy (non-hydrogen) atoms. The van der Waals surface area contributed by atoms with Gasteiger partial charge in [-0.25, -0.2) is 9.67 Å². The third-order valence-corrected chi connectivity index (χ3v) is 6.66. The molecule has 1 aliphatic heterocycles. The highest BCUT2D eigenvalue weighted by Gasteiger charge is 2.22. The zero-order chi connectivity index (χ0) is 23.3. The van der Waals surface area contributed by atoms with Crippen LogP contribution in [0.2, 0.25) is 5.02 Å². The Bertz CT molecular complexity index is 1240. The number of nitrogens with one attached hydrogen (secondary N) is 1. The maximum Gasteiger partial charge on any atom is 0.234 e. The molecule has 1 amide bonds. The number of benzene rings is 1. The first-order valence-electron chi connectivity index (χ1n) is 10.9. The van der Waals surface area contributed by atoms with E-state index in [4.69, 9.17) is 16.0 Å². The first-order chi connectivity index (χ1) is 16.7. The van der Waals surface area contributed by atoms with Crippen molar-refractivity contribution in [3.8, 4) is 5.69 Å². The van der Waals surface area contributed by atoms with Crippen molar-refractivity contribution in [2.45, 2.75) is 31.0 Å². The van der Waals surface area contributed by atoms with Gasteiger partial charge in [-0.15, -0.1) is 10.2 Å². The van der Waals surface area contributed by atoms with Crippen molar-refractivity contribution in [3.05, 3.63) is 60.0 Å². The molecule has 1 aromatic carbocycles. The lowest BCUT2D eigenvalue weighted by molar-refractivity contribution is -0.113. The maximum atomic E-state index is 12.8. The van der Waals surface area contributed by atoms with Crippen LogP contribution in [-0.4, -0.2) is 54.3 Å². The molecular weight excluding hydrogens is 476 g/mol. The van der Waals surface area contributed by atoms with Crippen LogP contribution in [0, 0.1) is 0 Å². The fourth-order valence-electron chi connectivity index (χ4n) is 3.87. The predicted molar refractivity (Wildman–Crippen MR) is 130 cm³/mol. The third kappa shape index (κ3) is 5.10. The van der Waals surface area contributed by atoms with Gasteiger partial charge >= 0.3 is 0 Å². The smallest absolute Gasteiger partial charge is 0.234 e. The van der Waals surface area contributed by atoms with Gasteiger partial charge in [0.1, 0.15) is 18.4 Å². The summed E-state index contributed by atoms with van der Waals surface area (Å²) in [6.45, 7) is 2.39. The van der Waals surface area contributed by atoms with Gasteiger partial charge in [-0.1, -0.05) is 23.4 Å². The Morgan fingerprint density at radius 2 is 2.06 bits per heavy atom. The van der Waals surface area contributed by atoms with Gasteiger partial charge in [-0.3, -0.25) is 9.36 Å². The molecule has 0 radical (unpaired) electrons. The Morgan fingerprint density at radius 1 is 1.18 bits per heavy atom. The van der Waals surface area contributed by atoms with E-state index in [0.29, 0.717) is 28.1 Å². The second-order valence-corrected chi connectivity index (χ2v) is 9.21. The predicted octanol–water partition coefficient (Wildman–Crippen LogP) is 3.87. The first kappa shape index (κ1) is 22.5. The zero-order valence-corrected chi connectivity index (χ0v) is 19.9. The van der Waals surface area contributed by atoms with E-state index in [2.05, 4.69) is 30.5 Å². The molecule has 0 saturated carbocycles. The minimum absolute atomic E-state index is 0.152. The van der Waals surface area contributed by atoms with E-state index in [9.17, 15) is 4.79 Å². The van der Waals surface area contributed by atoms with Gasteiger partial charge in [0, 0.05) is 18.1 Å². The van der Waals surface area contributed by atoms with Crippen molar-refractivity contribution in [2.75, 3.05) is 29.1 Å². The molecule has 4 heterocycles. The number of aromatic nitrogens is 6. The van der Waals surface area contributed by atoms with Gasteiger partial charge in [-0.05, 0) is 49.6 Å². The number of hydrogen-bond acceptors (Lipinski definition) is 8. The largest absolute Gasteiger partial charge is 0.467 e. The number of nitrogens with zero attached hydrogens (tertiary/aromatic N) is 7. The number of rotatable bonds is 8. The second kappa shape index (κ2) is 10.3. The number of hydrogen-bond donors (Lipinski definition) is 1. The van der Waals surface area contributed by atoms with Crippen molar-refractivity contribution in [1.29, 1.82) is 0 Å². The Labute approximate surface area is 205 Å². The number of thioether (sulfide) groups is 1. The molecule has 1 saturated heterocycles. The topological polar surface area (TPSA) is 107 Å². The highest BCUT2D eigenvalue weighted by Crippen LogP contribution is 2.27. The lowest BCUT2D eigenvalue weighted by Gasteiger charge is -2.27. The number of halogens is 1. The molecule has 176 valence electrons. The minimum atomic E-state index is -0.194. The number of piperidine rings is 1. The first-order valence-corrected chi connectivity index (χ1v) is 12.3. The summed E-state index contributed by atoms with van der Waals surface area (Å²) < 4.78 is 9.15. The molecule has 10 nitrogen and oxygen atoms in total. The Balaban J connectivity index is 1.32. The van der Waals surface area contributed by atoms with Crippen LogP contribution in [0.3, 0.4) is 0 Å². The van der Waals surface area contributed by atoms with E-state index in [1.165, 1.54) is 24.5 Å². The normalized spacial score (nSPS) is 13.9. The number of furan rings is 1. The molecule has 0 atom stereocenters. The summed E-state index contributed by atoms with van der Waals surface area (Å²) in [7, 11) is 0. The summed E-state index contributed by atoms with van der Waals surface area (Å²) >= 11 is 7.49. The summed E-state index contributed by atoms with van der Waals surface area (Å²) in [5.41, 5.74) is 1.23. The Kier molecular flexibility index (Phi) is 6.82. The summed E-state index contributed by atoms with van der Waals surface area (Å²) in [5, 5.41) is 17.1. The van der Waals surface area contributed by atoms with E-state index >= 15 is 0 Å². The van der Waals surface area contributed by atoms with Crippen molar-refractivity contribution in [2.24, 2.45) is 0 Å². The summed E-state index contributed by atoms with van der Waals surface area (Å²) in [6.07, 6.45) is 8.14. The Morgan fingerprint density at radius 3 is 2.82 bits per heavy atom. The van der Waals surface area contributed by atoms with Crippen LogP contribution in [0.1, 0.15) is 25.0 Å². The average Bonchev–Trinajstić information content (AvgIpc) is 3.62. The van der Waals surface area contributed by atoms with E-state index < -0.39 is 0 Å². The summed E-state index contributed by atoms with van der Waals surface area (Å²) in [5.74, 6) is 1.57. The SMILES string of the molecule is O=C(CSc1nnc(N2CCCCC2)n1Cc1ccco1)Nc1cc(Cl)ccc1-n1cncn1. The van der Waals surface area contributed by atoms with Crippen LogP contribution in [0.15, 0.2) is 58.8 Å². The molecule has 0 spiro atoms. The van der Waals surface area contributed by atoms with E-state index in [-0.39, 0.29) is 11.7 Å². The van der Waals surface area contributed by atoms with Gasteiger partial charge in [0.15, 0.2) is 5.16 Å². The standard InChI is InChI=1S/C22H23ClN8O2S/c23-16-6-7-19(31-15-24-14-25-31)18(11-16)26-20(32)13-34-22-28-27-21(29-8-2-1-3-9-29)30(22)12-17-5-4-10-33-17/h4-7,10-11,14-15H,1-3,8-9,12-13H2,(H,26,32). The van der Waals surface area contributed by atoms with Crippen molar-refractivity contribution in [1.82, 2.24) is 29.5 Å². The fourth-order valence-corrected chi connectivity index (χ4v) is 4.77. The van der Waals surface area contributed by atoms with Gasteiger partial charge < -0.3 is 14.6 Å². The maximum absolute atomic E-state index is 12.8. The molecule has 0 unspecified atom stereocenters. The molecule has 5 rings (SSSR count). The van der Waals surface area contributed by atoms with Gasteiger partial charge in [0.25, 0.3) is 0 Å². The second-order valence-electron chi connectivity index (χ2n) is 7.83. The molecule has 0 bridgehead atoms. The zero-order valence-electron chi connectivity index (χ0n) is 18.3. The van der Waals surface area contributed by atoms with Crippen molar-refractivity contribution < 1.29 is 9.21 Å².